The van der Waals surface area contributed by atoms with Crippen molar-refractivity contribution in [3.63, 3.8) is 0 Å². The SMILES string of the molecule is CCOCC(C)NC(=O)Nc1ccccc1CCC(=O)O. The van der Waals surface area contributed by atoms with E-state index in [2.05, 4.69) is 10.6 Å². The molecular formula is C15H22N2O4. The fraction of sp³-hybridized carbons (Fsp3) is 0.467. The molecular weight excluding hydrogens is 272 g/mol. The summed E-state index contributed by atoms with van der Waals surface area (Å²) in [7, 11) is 0. The number of anilines is 1. The van der Waals surface area contributed by atoms with E-state index in [9.17, 15) is 9.59 Å². The number of ether oxygens (including phenoxy) is 1. The molecule has 0 aliphatic heterocycles. The minimum Gasteiger partial charge on any atom is -0.481 e. The van der Waals surface area contributed by atoms with E-state index in [1.54, 1.807) is 12.1 Å². The molecule has 0 aliphatic carbocycles. The van der Waals surface area contributed by atoms with E-state index in [4.69, 9.17) is 9.84 Å². The van der Waals surface area contributed by atoms with Gasteiger partial charge in [0.1, 0.15) is 0 Å². The number of hydrogen-bond donors (Lipinski definition) is 3. The number of para-hydroxylation sites is 1. The Morgan fingerprint density at radius 3 is 2.71 bits per heavy atom. The number of hydrogen-bond acceptors (Lipinski definition) is 3. The maximum atomic E-state index is 11.9. The van der Waals surface area contributed by atoms with Gasteiger partial charge < -0.3 is 20.5 Å². The predicted molar refractivity (Wildman–Crippen MR) is 80.5 cm³/mol. The Labute approximate surface area is 124 Å². The van der Waals surface area contributed by atoms with Crippen molar-refractivity contribution in [3.8, 4) is 0 Å². The first kappa shape index (κ1) is 17.0. The van der Waals surface area contributed by atoms with Gasteiger partial charge in [-0.05, 0) is 31.9 Å². The first-order valence-corrected chi connectivity index (χ1v) is 6.98. The van der Waals surface area contributed by atoms with Gasteiger partial charge in [0.25, 0.3) is 0 Å². The maximum absolute atomic E-state index is 11.9. The molecule has 0 fully saturated rings. The standard InChI is InChI=1S/C15H22N2O4/c1-3-21-10-11(2)16-15(20)17-13-7-5-4-6-12(13)8-9-14(18)19/h4-7,11H,3,8-10H2,1-2H3,(H,18,19)(H2,16,17,20). The average molecular weight is 294 g/mol. The van der Waals surface area contributed by atoms with Gasteiger partial charge in [-0.1, -0.05) is 18.2 Å². The topological polar surface area (TPSA) is 87.7 Å². The van der Waals surface area contributed by atoms with Crippen molar-refractivity contribution >= 4 is 17.7 Å². The summed E-state index contributed by atoms with van der Waals surface area (Å²) in [5.41, 5.74) is 1.42. The molecule has 1 unspecified atom stereocenters. The summed E-state index contributed by atoms with van der Waals surface area (Å²) < 4.78 is 5.23. The fourth-order valence-electron chi connectivity index (χ4n) is 1.82. The number of rotatable bonds is 8. The second-order valence-corrected chi connectivity index (χ2v) is 4.71. The molecule has 2 amide bonds. The molecule has 6 nitrogen and oxygen atoms in total. The lowest BCUT2D eigenvalue weighted by Gasteiger charge is -2.16. The number of aryl methyl sites for hydroxylation is 1. The number of benzene rings is 1. The van der Waals surface area contributed by atoms with Crippen LogP contribution in [0.3, 0.4) is 0 Å². The van der Waals surface area contributed by atoms with E-state index < -0.39 is 5.97 Å². The van der Waals surface area contributed by atoms with Crippen molar-refractivity contribution in [2.75, 3.05) is 18.5 Å². The quantitative estimate of drug-likeness (QED) is 0.686. The highest BCUT2D eigenvalue weighted by Crippen LogP contribution is 2.16. The highest BCUT2D eigenvalue weighted by atomic mass is 16.5. The minimum atomic E-state index is -0.861. The lowest BCUT2D eigenvalue weighted by atomic mass is 10.1. The molecule has 0 bridgehead atoms. The molecule has 0 saturated carbocycles. The summed E-state index contributed by atoms with van der Waals surface area (Å²) in [6.07, 6.45) is 0.404. The van der Waals surface area contributed by atoms with Crippen LogP contribution in [0.15, 0.2) is 24.3 Å². The lowest BCUT2D eigenvalue weighted by Crippen LogP contribution is -2.39. The molecule has 21 heavy (non-hydrogen) atoms. The number of carbonyl (C=O) groups excluding carboxylic acids is 1. The smallest absolute Gasteiger partial charge is 0.319 e. The Bertz CT molecular complexity index is 476. The predicted octanol–water partition coefficient (Wildman–Crippen LogP) is 2.25. The monoisotopic (exact) mass is 294 g/mol. The largest absolute Gasteiger partial charge is 0.481 e. The first-order valence-electron chi connectivity index (χ1n) is 6.98. The highest BCUT2D eigenvalue weighted by molar-refractivity contribution is 5.90. The average Bonchev–Trinajstić information content (AvgIpc) is 2.44. The Morgan fingerprint density at radius 2 is 2.05 bits per heavy atom. The van der Waals surface area contributed by atoms with E-state index in [0.29, 0.717) is 25.3 Å². The van der Waals surface area contributed by atoms with Gasteiger partial charge in [0, 0.05) is 18.7 Å². The second kappa shape index (κ2) is 8.97. The van der Waals surface area contributed by atoms with Gasteiger partial charge in [-0.3, -0.25) is 4.79 Å². The van der Waals surface area contributed by atoms with Gasteiger partial charge in [-0.15, -0.1) is 0 Å². The Morgan fingerprint density at radius 1 is 1.33 bits per heavy atom. The molecule has 6 heteroatoms. The van der Waals surface area contributed by atoms with Crippen molar-refractivity contribution in [1.82, 2.24) is 5.32 Å². The zero-order chi connectivity index (χ0) is 15.7. The Kier molecular flexibility index (Phi) is 7.25. The zero-order valence-electron chi connectivity index (χ0n) is 12.4. The maximum Gasteiger partial charge on any atom is 0.319 e. The Balaban J connectivity index is 2.57. The van der Waals surface area contributed by atoms with Crippen LogP contribution in [-0.4, -0.2) is 36.4 Å². The van der Waals surface area contributed by atoms with E-state index in [0.717, 1.165) is 5.56 Å². The summed E-state index contributed by atoms with van der Waals surface area (Å²) in [4.78, 5) is 22.5. The van der Waals surface area contributed by atoms with Crippen LogP contribution < -0.4 is 10.6 Å². The summed E-state index contributed by atoms with van der Waals surface area (Å²) in [5, 5.41) is 14.2. The van der Waals surface area contributed by atoms with Gasteiger partial charge in [0.15, 0.2) is 0 Å². The third-order valence-corrected chi connectivity index (χ3v) is 2.82. The molecule has 116 valence electrons. The van der Waals surface area contributed by atoms with E-state index in [1.165, 1.54) is 0 Å². The Hall–Kier alpha value is -2.08. The number of nitrogens with one attached hydrogen (secondary N) is 2. The molecule has 0 aromatic heterocycles. The number of carbonyl (C=O) groups is 2. The summed E-state index contributed by atoms with van der Waals surface area (Å²) >= 11 is 0. The number of carboxylic acids is 1. The molecule has 0 spiro atoms. The molecule has 0 heterocycles. The van der Waals surface area contributed by atoms with Gasteiger partial charge in [0.05, 0.1) is 12.6 Å². The van der Waals surface area contributed by atoms with E-state index in [-0.39, 0.29) is 18.5 Å². The van der Waals surface area contributed by atoms with Crippen LogP contribution in [0.1, 0.15) is 25.8 Å². The normalized spacial score (nSPS) is 11.7. The lowest BCUT2D eigenvalue weighted by molar-refractivity contribution is -0.136. The molecule has 0 saturated heterocycles. The third-order valence-electron chi connectivity index (χ3n) is 2.82. The molecule has 1 atom stereocenters. The van der Waals surface area contributed by atoms with Gasteiger partial charge in [0.2, 0.25) is 0 Å². The van der Waals surface area contributed by atoms with Crippen molar-refractivity contribution in [3.05, 3.63) is 29.8 Å². The number of urea groups is 1. The summed E-state index contributed by atoms with van der Waals surface area (Å²) in [5.74, 6) is -0.861. The van der Waals surface area contributed by atoms with Gasteiger partial charge in [-0.25, -0.2) is 4.79 Å². The zero-order valence-corrected chi connectivity index (χ0v) is 12.4. The highest BCUT2D eigenvalue weighted by Gasteiger charge is 2.10. The molecule has 1 aromatic carbocycles. The fourth-order valence-corrected chi connectivity index (χ4v) is 1.82. The molecule has 1 aromatic rings. The minimum absolute atomic E-state index is 0.0288. The van der Waals surface area contributed by atoms with Crippen LogP contribution in [0.25, 0.3) is 0 Å². The van der Waals surface area contributed by atoms with Gasteiger partial charge >= 0.3 is 12.0 Å². The molecule has 0 aliphatic rings. The second-order valence-electron chi connectivity index (χ2n) is 4.71. The van der Waals surface area contributed by atoms with Crippen molar-refractivity contribution < 1.29 is 19.4 Å². The molecule has 0 radical (unpaired) electrons. The number of carboxylic acid groups (broad SMARTS) is 1. The molecule has 3 N–H and O–H groups in total. The summed E-state index contributed by atoms with van der Waals surface area (Å²) in [6, 6.07) is 6.74. The number of aliphatic carboxylic acids is 1. The van der Waals surface area contributed by atoms with Crippen molar-refractivity contribution in [2.24, 2.45) is 0 Å². The summed E-state index contributed by atoms with van der Waals surface area (Å²) in [6.45, 7) is 4.80. The van der Waals surface area contributed by atoms with Crippen molar-refractivity contribution in [1.29, 1.82) is 0 Å². The van der Waals surface area contributed by atoms with Gasteiger partial charge in [-0.2, -0.15) is 0 Å². The van der Waals surface area contributed by atoms with E-state index >= 15 is 0 Å². The van der Waals surface area contributed by atoms with E-state index in [1.807, 2.05) is 26.0 Å². The van der Waals surface area contributed by atoms with Crippen LogP contribution in [0.2, 0.25) is 0 Å². The first-order chi connectivity index (χ1) is 10.0. The van der Waals surface area contributed by atoms with Crippen LogP contribution >= 0.6 is 0 Å². The van der Waals surface area contributed by atoms with Crippen LogP contribution in [0, 0.1) is 0 Å². The van der Waals surface area contributed by atoms with Crippen LogP contribution in [0.4, 0.5) is 10.5 Å². The number of amides is 2. The van der Waals surface area contributed by atoms with Crippen molar-refractivity contribution in [2.45, 2.75) is 32.7 Å². The third kappa shape index (κ3) is 6.76. The van der Waals surface area contributed by atoms with Crippen LogP contribution in [0.5, 0.6) is 0 Å². The molecule has 1 rings (SSSR count). The van der Waals surface area contributed by atoms with Crippen LogP contribution in [-0.2, 0) is 16.0 Å².